The van der Waals surface area contributed by atoms with E-state index in [1.807, 2.05) is 0 Å². The van der Waals surface area contributed by atoms with Crippen LogP contribution in [0.15, 0.2) is 131 Å². The number of carbonyl (C=O) groups is 2. The lowest BCUT2D eigenvalue weighted by Gasteiger charge is -2.14. The number of para-hydroxylation sites is 2. The third-order valence-corrected chi connectivity index (χ3v) is 11.4. The van der Waals surface area contributed by atoms with Crippen molar-refractivity contribution in [2.75, 3.05) is 6.54 Å². The molecule has 0 saturated carbocycles. The van der Waals surface area contributed by atoms with Crippen molar-refractivity contribution in [2.45, 2.75) is 16.7 Å². The van der Waals surface area contributed by atoms with E-state index in [2.05, 4.69) is 0 Å². The lowest BCUT2D eigenvalue weighted by Crippen LogP contribution is -2.31. The van der Waals surface area contributed by atoms with Gasteiger partial charge in [0.15, 0.2) is 0 Å². The lowest BCUT2D eigenvalue weighted by molar-refractivity contribution is -0.135. The zero-order chi connectivity index (χ0) is 31.5. The number of hydrogen-bond donors (Lipinski definition) is 0. The van der Waals surface area contributed by atoms with Crippen molar-refractivity contribution < 1.29 is 26.4 Å². The predicted octanol–water partition coefficient (Wildman–Crippen LogP) is 5.37. The number of nitrogens with zero attached hydrogens (tertiary/aromatic N) is 3. The first kappa shape index (κ1) is 28.5. The quantitative estimate of drug-likeness (QED) is 0.218. The number of likely N-dealkylation sites (N-methyl/N-ethyl adjacent to an activating group) is 1. The van der Waals surface area contributed by atoms with E-state index in [1.165, 1.54) is 24.3 Å². The summed E-state index contributed by atoms with van der Waals surface area (Å²) in [5.41, 5.74) is 0.109. The highest BCUT2D eigenvalue weighted by molar-refractivity contribution is 7.90. The van der Waals surface area contributed by atoms with E-state index in [0.29, 0.717) is 21.8 Å². The van der Waals surface area contributed by atoms with Gasteiger partial charge in [-0.15, -0.1) is 0 Å². The Morgan fingerprint density at radius 3 is 1.24 bits per heavy atom. The van der Waals surface area contributed by atoms with Crippen LogP contribution in [0, 0.1) is 0 Å². The maximum absolute atomic E-state index is 14.3. The highest BCUT2D eigenvalue weighted by Crippen LogP contribution is 2.41. The van der Waals surface area contributed by atoms with Crippen molar-refractivity contribution in [3.63, 3.8) is 0 Å². The second kappa shape index (κ2) is 10.4. The van der Waals surface area contributed by atoms with Gasteiger partial charge in [-0.05, 0) is 55.5 Å². The normalized spacial score (nSPS) is 14.3. The molecule has 4 aromatic carbocycles. The molecule has 2 aromatic heterocycles. The second-order valence-electron chi connectivity index (χ2n) is 10.4. The number of fused-ring (bicyclic) bond motifs is 2. The Morgan fingerprint density at radius 1 is 0.511 bits per heavy atom. The molecular formula is C34H25N3O6S2. The molecule has 0 saturated heterocycles. The third kappa shape index (κ3) is 4.26. The van der Waals surface area contributed by atoms with Crippen LogP contribution in [0.5, 0.6) is 0 Å². The second-order valence-corrected chi connectivity index (χ2v) is 14.0. The van der Waals surface area contributed by atoms with Gasteiger partial charge in [0, 0.05) is 17.3 Å². The molecule has 2 amide bonds. The fourth-order valence-electron chi connectivity index (χ4n) is 5.86. The van der Waals surface area contributed by atoms with Crippen LogP contribution in [0.3, 0.4) is 0 Å². The van der Waals surface area contributed by atoms with Gasteiger partial charge < -0.3 is 0 Å². The topological polar surface area (TPSA) is 116 Å². The summed E-state index contributed by atoms with van der Waals surface area (Å²) in [6.07, 6.45) is 0. The summed E-state index contributed by atoms with van der Waals surface area (Å²) < 4.78 is 59.1. The number of benzene rings is 4. The lowest BCUT2D eigenvalue weighted by atomic mass is 10.0. The first-order valence-electron chi connectivity index (χ1n) is 14.1. The van der Waals surface area contributed by atoms with Gasteiger partial charge in [0.25, 0.3) is 31.9 Å². The Labute approximate surface area is 259 Å². The van der Waals surface area contributed by atoms with Crippen LogP contribution in [-0.4, -0.2) is 48.0 Å². The molecule has 0 spiro atoms. The van der Waals surface area contributed by atoms with Gasteiger partial charge >= 0.3 is 0 Å². The molecule has 0 N–H and O–H groups in total. The largest absolute Gasteiger partial charge is 0.274 e. The summed E-state index contributed by atoms with van der Waals surface area (Å²) in [4.78, 5) is 29.3. The van der Waals surface area contributed by atoms with E-state index < -0.39 is 31.9 Å². The molecule has 0 fully saturated rings. The molecule has 1 aliphatic heterocycles. The minimum absolute atomic E-state index is 0.0119. The standard InChI is InChI=1S/C34H25N3O6S2/c1-2-35-33(38)31(29-21-23-13-9-11-19-27(23)36(29)44(40,41)25-15-5-3-6-16-25)32(34(35)39)30-22-24-14-10-12-20-28(24)37(30)45(42,43)26-17-7-4-8-18-26/h3-22H,2H2,1H3. The van der Waals surface area contributed by atoms with Gasteiger partial charge in [-0.1, -0.05) is 72.8 Å². The molecule has 45 heavy (non-hydrogen) atoms. The van der Waals surface area contributed by atoms with Crippen molar-refractivity contribution in [1.29, 1.82) is 0 Å². The van der Waals surface area contributed by atoms with Crippen LogP contribution >= 0.6 is 0 Å². The summed E-state index contributed by atoms with van der Waals surface area (Å²) in [6, 6.07) is 32.2. The van der Waals surface area contributed by atoms with Gasteiger partial charge in [0.2, 0.25) is 0 Å². The molecule has 1 aliphatic rings. The van der Waals surface area contributed by atoms with E-state index in [-0.39, 0.29) is 38.9 Å². The van der Waals surface area contributed by atoms with Gasteiger partial charge in [-0.25, -0.2) is 24.8 Å². The number of carbonyl (C=O) groups excluding carboxylic acids is 2. The number of amides is 2. The molecule has 0 unspecified atom stereocenters. The van der Waals surface area contributed by atoms with Crippen molar-refractivity contribution >= 4 is 64.8 Å². The molecule has 0 bridgehead atoms. The molecule has 0 aliphatic carbocycles. The maximum Gasteiger partial charge on any atom is 0.268 e. The van der Waals surface area contributed by atoms with E-state index in [9.17, 15) is 26.4 Å². The van der Waals surface area contributed by atoms with E-state index in [4.69, 9.17) is 0 Å². The van der Waals surface area contributed by atoms with Crippen LogP contribution in [0.25, 0.3) is 33.0 Å². The van der Waals surface area contributed by atoms with Gasteiger partial charge in [0.05, 0.1) is 43.4 Å². The molecular weight excluding hydrogens is 611 g/mol. The summed E-state index contributed by atoms with van der Waals surface area (Å²) in [5, 5.41) is 1.04. The molecule has 3 heterocycles. The first-order chi connectivity index (χ1) is 21.7. The summed E-state index contributed by atoms with van der Waals surface area (Å²) >= 11 is 0. The zero-order valence-corrected chi connectivity index (χ0v) is 25.5. The average molecular weight is 636 g/mol. The number of imide groups is 1. The van der Waals surface area contributed by atoms with Crippen LogP contribution in [0.1, 0.15) is 18.3 Å². The molecule has 6 aromatic rings. The monoisotopic (exact) mass is 635 g/mol. The highest BCUT2D eigenvalue weighted by atomic mass is 32.2. The molecule has 0 atom stereocenters. The number of aromatic nitrogens is 2. The van der Waals surface area contributed by atoms with Crippen LogP contribution in [-0.2, 0) is 29.6 Å². The van der Waals surface area contributed by atoms with Gasteiger partial charge in [-0.2, -0.15) is 0 Å². The predicted molar refractivity (Wildman–Crippen MR) is 171 cm³/mol. The molecule has 9 nitrogen and oxygen atoms in total. The van der Waals surface area contributed by atoms with Crippen molar-refractivity contribution in [3.8, 4) is 0 Å². The first-order valence-corrected chi connectivity index (χ1v) is 17.0. The van der Waals surface area contributed by atoms with Crippen LogP contribution in [0.2, 0.25) is 0 Å². The highest BCUT2D eigenvalue weighted by Gasteiger charge is 2.44. The smallest absolute Gasteiger partial charge is 0.268 e. The van der Waals surface area contributed by atoms with Crippen molar-refractivity contribution in [3.05, 3.63) is 133 Å². The van der Waals surface area contributed by atoms with E-state index in [1.54, 1.807) is 104 Å². The fraction of sp³-hybridized carbons (Fsp3) is 0.0588. The minimum Gasteiger partial charge on any atom is -0.274 e. The Morgan fingerprint density at radius 2 is 0.867 bits per heavy atom. The van der Waals surface area contributed by atoms with Gasteiger partial charge in [0.1, 0.15) is 0 Å². The van der Waals surface area contributed by atoms with Gasteiger partial charge in [-0.3, -0.25) is 14.5 Å². The Hall–Kier alpha value is -5.26. The zero-order valence-electron chi connectivity index (χ0n) is 23.9. The maximum atomic E-state index is 14.3. The van der Waals surface area contributed by atoms with Crippen LogP contribution in [0.4, 0.5) is 0 Å². The fourth-order valence-corrected chi connectivity index (χ4v) is 8.94. The molecule has 0 radical (unpaired) electrons. The van der Waals surface area contributed by atoms with E-state index in [0.717, 1.165) is 12.8 Å². The SMILES string of the molecule is CCN1C(=O)C(c2cc3ccccc3n2S(=O)(=O)c2ccccc2)=C(c2cc3ccccc3n2S(=O)(=O)c2ccccc2)C1=O. The Bertz CT molecular complexity index is 2260. The summed E-state index contributed by atoms with van der Waals surface area (Å²) in [7, 11) is -8.58. The van der Waals surface area contributed by atoms with Crippen molar-refractivity contribution in [1.82, 2.24) is 12.8 Å². The summed E-state index contributed by atoms with van der Waals surface area (Å²) in [5.74, 6) is -1.45. The third-order valence-electron chi connectivity index (χ3n) is 7.89. The minimum atomic E-state index is -4.29. The van der Waals surface area contributed by atoms with Crippen molar-refractivity contribution in [2.24, 2.45) is 0 Å². The number of hydrogen-bond acceptors (Lipinski definition) is 6. The summed E-state index contributed by atoms with van der Waals surface area (Å²) in [6.45, 7) is 1.62. The molecule has 224 valence electrons. The molecule has 7 rings (SSSR count). The Kier molecular flexibility index (Phi) is 6.61. The Balaban J connectivity index is 1.62. The van der Waals surface area contributed by atoms with Crippen LogP contribution < -0.4 is 0 Å². The average Bonchev–Trinajstić information content (AvgIpc) is 3.71. The van der Waals surface area contributed by atoms with E-state index >= 15 is 0 Å². The number of rotatable bonds is 7. The molecule has 11 heteroatoms.